The molecular formula is C22H21N3O3. The third-order valence-corrected chi connectivity index (χ3v) is 4.47. The van der Waals surface area contributed by atoms with Crippen LogP contribution in [0.5, 0.6) is 17.2 Å². The van der Waals surface area contributed by atoms with E-state index in [-0.39, 0.29) is 11.4 Å². The molecule has 28 heavy (non-hydrogen) atoms. The van der Waals surface area contributed by atoms with E-state index < -0.39 is 0 Å². The Hall–Kier alpha value is -3.72. The van der Waals surface area contributed by atoms with E-state index in [1.165, 1.54) is 7.11 Å². The van der Waals surface area contributed by atoms with E-state index in [0.717, 1.165) is 11.1 Å². The van der Waals surface area contributed by atoms with Crippen LogP contribution >= 0.6 is 0 Å². The topological polar surface area (TPSA) is 90.4 Å². The molecule has 6 nitrogen and oxygen atoms in total. The summed E-state index contributed by atoms with van der Waals surface area (Å²) in [5.41, 5.74) is 10.4. The van der Waals surface area contributed by atoms with Gasteiger partial charge >= 0.3 is 0 Å². The van der Waals surface area contributed by atoms with E-state index in [4.69, 9.17) is 19.9 Å². The minimum Gasteiger partial charge on any atom is -0.493 e. The zero-order valence-electron chi connectivity index (χ0n) is 16.2. The molecule has 3 aromatic rings. The van der Waals surface area contributed by atoms with Crippen molar-refractivity contribution < 1.29 is 14.2 Å². The third kappa shape index (κ3) is 3.30. The number of aromatic nitrogens is 1. The summed E-state index contributed by atoms with van der Waals surface area (Å²) in [7, 11) is 4.63. The van der Waals surface area contributed by atoms with E-state index in [1.54, 1.807) is 20.3 Å². The molecule has 0 aliphatic rings. The Bertz CT molecular complexity index is 1070. The van der Waals surface area contributed by atoms with Crippen LogP contribution in [0.4, 0.5) is 5.82 Å². The lowest BCUT2D eigenvalue weighted by atomic mass is 9.96. The van der Waals surface area contributed by atoms with E-state index in [9.17, 15) is 5.26 Å². The molecule has 0 spiro atoms. The molecule has 0 aliphatic heterocycles. The average molecular weight is 375 g/mol. The molecule has 6 heteroatoms. The van der Waals surface area contributed by atoms with Crippen molar-refractivity contribution in [2.24, 2.45) is 0 Å². The Morgan fingerprint density at radius 2 is 1.68 bits per heavy atom. The Labute approximate surface area is 164 Å². The van der Waals surface area contributed by atoms with Crippen molar-refractivity contribution in [2.75, 3.05) is 27.1 Å². The van der Waals surface area contributed by atoms with Gasteiger partial charge in [-0.1, -0.05) is 23.8 Å². The smallest absolute Gasteiger partial charge is 0.203 e. The Morgan fingerprint density at radius 3 is 2.29 bits per heavy atom. The summed E-state index contributed by atoms with van der Waals surface area (Å²) in [6.07, 6.45) is 0. The van der Waals surface area contributed by atoms with Crippen molar-refractivity contribution in [2.45, 2.75) is 6.92 Å². The molecule has 1 heterocycles. The van der Waals surface area contributed by atoms with Gasteiger partial charge in [-0.05, 0) is 31.2 Å². The Kier molecular flexibility index (Phi) is 5.37. The van der Waals surface area contributed by atoms with Crippen molar-refractivity contribution in [3.8, 4) is 45.7 Å². The number of nitrogens with two attached hydrogens (primary N) is 1. The minimum absolute atomic E-state index is 0.161. The van der Waals surface area contributed by atoms with Gasteiger partial charge in [-0.2, -0.15) is 5.26 Å². The van der Waals surface area contributed by atoms with Crippen LogP contribution in [0.1, 0.15) is 11.1 Å². The van der Waals surface area contributed by atoms with Gasteiger partial charge in [-0.15, -0.1) is 0 Å². The number of rotatable bonds is 5. The van der Waals surface area contributed by atoms with Crippen LogP contribution in [-0.4, -0.2) is 26.3 Å². The van der Waals surface area contributed by atoms with Crippen LogP contribution in [0.25, 0.3) is 22.4 Å². The number of benzene rings is 2. The number of anilines is 1. The molecule has 0 amide bonds. The summed E-state index contributed by atoms with van der Waals surface area (Å²) in [4.78, 5) is 4.43. The number of methoxy groups -OCH3 is 3. The molecule has 142 valence electrons. The second-order valence-electron chi connectivity index (χ2n) is 6.18. The largest absolute Gasteiger partial charge is 0.493 e. The van der Waals surface area contributed by atoms with Gasteiger partial charge in [0.05, 0.1) is 27.0 Å². The van der Waals surface area contributed by atoms with Gasteiger partial charge in [0.25, 0.3) is 0 Å². The standard InChI is InChI=1S/C22H21N3O3/c1-13-6-5-7-14(10-13)18-11-16(17(12-23)22(24)25-18)15-8-9-19(26-2)21(28-4)20(15)27-3/h5-11H,1-4H3,(H2,24,25). The van der Waals surface area contributed by atoms with E-state index in [1.807, 2.05) is 43.3 Å². The zero-order valence-corrected chi connectivity index (χ0v) is 16.2. The summed E-state index contributed by atoms with van der Waals surface area (Å²) in [6.45, 7) is 2.01. The molecule has 0 radical (unpaired) electrons. The van der Waals surface area contributed by atoms with Gasteiger partial charge in [-0.25, -0.2) is 4.98 Å². The molecule has 0 aliphatic carbocycles. The zero-order chi connectivity index (χ0) is 20.3. The van der Waals surface area contributed by atoms with E-state index >= 15 is 0 Å². The lowest BCUT2D eigenvalue weighted by Gasteiger charge is -2.17. The van der Waals surface area contributed by atoms with Crippen molar-refractivity contribution in [3.05, 3.63) is 53.6 Å². The summed E-state index contributed by atoms with van der Waals surface area (Å²) in [5.74, 6) is 1.59. The summed E-state index contributed by atoms with van der Waals surface area (Å²) in [6, 6.07) is 15.5. The molecule has 0 unspecified atom stereocenters. The molecule has 3 rings (SSSR count). The van der Waals surface area contributed by atoms with Crippen molar-refractivity contribution in [1.29, 1.82) is 5.26 Å². The van der Waals surface area contributed by atoms with Crippen LogP contribution in [0.3, 0.4) is 0 Å². The highest BCUT2D eigenvalue weighted by atomic mass is 16.5. The van der Waals surface area contributed by atoms with Gasteiger partial charge < -0.3 is 19.9 Å². The van der Waals surface area contributed by atoms with Crippen molar-refractivity contribution >= 4 is 5.82 Å². The number of hydrogen-bond donors (Lipinski definition) is 1. The van der Waals surface area contributed by atoms with E-state index in [2.05, 4.69) is 11.1 Å². The SMILES string of the molecule is COc1ccc(-c2cc(-c3cccc(C)c3)nc(N)c2C#N)c(OC)c1OC. The van der Waals surface area contributed by atoms with E-state index in [0.29, 0.717) is 34.1 Å². The fourth-order valence-electron chi connectivity index (χ4n) is 3.16. The monoisotopic (exact) mass is 375 g/mol. The van der Waals surface area contributed by atoms with Crippen LogP contribution in [0.15, 0.2) is 42.5 Å². The lowest BCUT2D eigenvalue weighted by Crippen LogP contribution is -2.02. The van der Waals surface area contributed by atoms with Crippen molar-refractivity contribution in [1.82, 2.24) is 4.98 Å². The molecule has 2 aromatic carbocycles. The number of nitriles is 1. The first kappa shape index (κ1) is 19.1. The fourth-order valence-corrected chi connectivity index (χ4v) is 3.16. The maximum atomic E-state index is 9.69. The molecule has 0 bridgehead atoms. The quantitative estimate of drug-likeness (QED) is 0.719. The molecule has 0 saturated carbocycles. The Morgan fingerprint density at radius 1 is 0.929 bits per heavy atom. The van der Waals surface area contributed by atoms with Gasteiger partial charge in [0.1, 0.15) is 17.5 Å². The molecule has 0 saturated heterocycles. The number of pyridine rings is 1. The molecular weight excluding hydrogens is 354 g/mol. The fraction of sp³-hybridized carbons (Fsp3) is 0.182. The molecule has 2 N–H and O–H groups in total. The summed E-state index contributed by atoms with van der Waals surface area (Å²) in [5, 5.41) is 9.69. The predicted molar refractivity (Wildman–Crippen MR) is 109 cm³/mol. The molecule has 0 atom stereocenters. The summed E-state index contributed by atoms with van der Waals surface area (Å²) < 4.78 is 16.4. The Balaban J connectivity index is 2.31. The van der Waals surface area contributed by atoms with Crippen LogP contribution in [0.2, 0.25) is 0 Å². The van der Waals surface area contributed by atoms with Crippen LogP contribution in [0, 0.1) is 18.3 Å². The van der Waals surface area contributed by atoms with Crippen LogP contribution < -0.4 is 19.9 Å². The number of hydrogen-bond acceptors (Lipinski definition) is 6. The van der Waals surface area contributed by atoms with Crippen LogP contribution in [-0.2, 0) is 0 Å². The average Bonchev–Trinajstić information content (AvgIpc) is 2.71. The second kappa shape index (κ2) is 7.89. The number of ether oxygens (including phenoxy) is 3. The number of nitrogens with zero attached hydrogens (tertiary/aromatic N) is 2. The minimum atomic E-state index is 0.161. The van der Waals surface area contributed by atoms with Gasteiger partial charge in [0.2, 0.25) is 5.75 Å². The van der Waals surface area contributed by atoms with Gasteiger partial charge in [0.15, 0.2) is 11.5 Å². The number of nitrogen functional groups attached to an aromatic ring is 1. The molecule has 1 aromatic heterocycles. The maximum Gasteiger partial charge on any atom is 0.203 e. The first-order valence-electron chi connectivity index (χ1n) is 8.61. The molecule has 0 fully saturated rings. The second-order valence-corrected chi connectivity index (χ2v) is 6.18. The number of aryl methyl sites for hydroxylation is 1. The van der Waals surface area contributed by atoms with Crippen molar-refractivity contribution in [3.63, 3.8) is 0 Å². The lowest BCUT2D eigenvalue weighted by molar-refractivity contribution is 0.325. The highest BCUT2D eigenvalue weighted by Crippen LogP contribution is 2.46. The predicted octanol–water partition coefficient (Wildman–Crippen LogP) is 4.20. The van der Waals surface area contributed by atoms with Gasteiger partial charge in [0, 0.05) is 16.7 Å². The summed E-state index contributed by atoms with van der Waals surface area (Å²) >= 11 is 0. The normalized spacial score (nSPS) is 10.2. The highest BCUT2D eigenvalue weighted by molar-refractivity contribution is 5.85. The van der Waals surface area contributed by atoms with Gasteiger partial charge in [-0.3, -0.25) is 0 Å². The highest BCUT2D eigenvalue weighted by Gasteiger charge is 2.21. The third-order valence-electron chi connectivity index (χ3n) is 4.47. The maximum absolute atomic E-state index is 9.69. The first-order valence-corrected chi connectivity index (χ1v) is 8.61. The first-order chi connectivity index (χ1) is 13.5.